The molecule has 0 saturated heterocycles. The number of amides is 1. The van der Waals surface area contributed by atoms with Crippen LogP contribution in [0.25, 0.3) is 28.2 Å². The summed E-state index contributed by atoms with van der Waals surface area (Å²) in [6, 6.07) is 26.7. The Morgan fingerprint density at radius 3 is 2.41 bits per heavy atom. The smallest absolute Gasteiger partial charge is 0.267 e. The van der Waals surface area contributed by atoms with E-state index in [0.717, 1.165) is 35.3 Å². The second-order valence-electron chi connectivity index (χ2n) is 8.19. The third-order valence-corrected chi connectivity index (χ3v) is 5.89. The first-order chi connectivity index (χ1) is 16.7. The highest BCUT2D eigenvalue weighted by Crippen LogP contribution is 2.30. The molecule has 34 heavy (non-hydrogen) atoms. The highest BCUT2D eigenvalue weighted by Gasteiger charge is 2.15. The molecular formula is C28H29N3O3. The molecule has 4 aromatic rings. The number of para-hydroxylation sites is 1. The number of nitrogens with zero attached hydrogens (tertiary/aromatic N) is 1. The zero-order chi connectivity index (χ0) is 23.8. The van der Waals surface area contributed by atoms with Gasteiger partial charge in [-0.2, -0.15) is 0 Å². The number of carbonyl (C=O) groups excluding carboxylic acids is 1. The van der Waals surface area contributed by atoms with E-state index >= 15 is 0 Å². The standard InChI is InChI=1S/C28H29N3O3/c32-19-18-31(20-22-12-10-21(11-13-22)14-15-27(33)30-34)17-16-25-24-8-4-5-9-26(24)29-28(25)23-6-2-1-3-7-23/h1-15,29,32,34H,16-20H2,(H,30,33)/b15-14+. The number of H-pyrrole nitrogens is 1. The fourth-order valence-corrected chi connectivity index (χ4v) is 4.19. The van der Waals surface area contributed by atoms with Gasteiger partial charge in [0, 0.05) is 42.3 Å². The van der Waals surface area contributed by atoms with E-state index < -0.39 is 5.91 Å². The maximum atomic E-state index is 11.2. The van der Waals surface area contributed by atoms with Crippen LogP contribution in [-0.4, -0.2) is 45.8 Å². The summed E-state index contributed by atoms with van der Waals surface area (Å²) in [7, 11) is 0. The highest BCUT2D eigenvalue weighted by molar-refractivity contribution is 5.91. The molecule has 174 valence electrons. The van der Waals surface area contributed by atoms with Crippen LogP contribution in [0.4, 0.5) is 0 Å². The minimum atomic E-state index is -0.564. The Morgan fingerprint density at radius 1 is 0.941 bits per heavy atom. The summed E-state index contributed by atoms with van der Waals surface area (Å²) in [6.45, 7) is 2.20. The van der Waals surface area contributed by atoms with Crippen molar-refractivity contribution in [2.45, 2.75) is 13.0 Å². The summed E-state index contributed by atoms with van der Waals surface area (Å²) in [5, 5.41) is 19.5. The van der Waals surface area contributed by atoms with Crippen LogP contribution in [0.3, 0.4) is 0 Å². The van der Waals surface area contributed by atoms with E-state index in [4.69, 9.17) is 5.21 Å². The molecule has 3 aromatic carbocycles. The Kier molecular flexibility index (Phi) is 7.88. The number of rotatable bonds is 10. The number of aromatic nitrogens is 1. The number of carbonyl (C=O) groups is 1. The van der Waals surface area contributed by atoms with Crippen LogP contribution < -0.4 is 5.48 Å². The maximum Gasteiger partial charge on any atom is 0.267 e. The van der Waals surface area contributed by atoms with E-state index in [1.807, 2.05) is 36.4 Å². The van der Waals surface area contributed by atoms with E-state index in [0.29, 0.717) is 13.1 Å². The molecule has 0 atom stereocenters. The van der Waals surface area contributed by atoms with Gasteiger partial charge in [0.15, 0.2) is 0 Å². The van der Waals surface area contributed by atoms with Crippen molar-refractivity contribution < 1.29 is 15.1 Å². The number of aromatic amines is 1. The second-order valence-corrected chi connectivity index (χ2v) is 8.19. The molecule has 0 aliphatic carbocycles. The molecule has 1 aromatic heterocycles. The van der Waals surface area contributed by atoms with Gasteiger partial charge in [-0.3, -0.25) is 14.9 Å². The molecule has 4 rings (SSSR count). The monoisotopic (exact) mass is 455 g/mol. The first kappa shape index (κ1) is 23.4. The molecule has 4 N–H and O–H groups in total. The first-order valence-corrected chi connectivity index (χ1v) is 11.4. The number of nitrogens with one attached hydrogen (secondary N) is 2. The number of fused-ring (bicyclic) bond motifs is 1. The number of benzene rings is 3. The highest BCUT2D eigenvalue weighted by atomic mass is 16.5. The fourth-order valence-electron chi connectivity index (χ4n) is 4.19. The molecule has 1 heterocycles. The Balaban J connectivity index is 1.50. The number of hydrogen-bond donors (Lipinski definition) is 4. The lowest BCUT2D eigenvalue weighted by molar-refractivity contribution is -0.124. The molecule has 6 heteroatoms. The Hall–Kier alpha value is -3.71. The van der Waals surface area contributed by atoms with Gasteiger partial charge in [-0.15, -0.1) is 0 Å². The molecule has 0 aliphatic rings. The minimum absolute atomic E-state index is 0.0938. The van der Waals surface area contributed by atoms with Gasteiger partial charge >= 0.3 is 0 Å². The Morgan fingerprint density at radius 2 is 1.68 bits per heavy atom. The van der Waals surface area contributed by atoms with Crippen molar-refractivity contribution in [2.24, 2.45) is 0 Å². The molecule has 0 aliphatic heterocycles. The Bertz CT molecular complexity index is 1250. The first-order valence-electron chi connectivity index (χ1n) is 11.4. The van der Waals surface area contributed by atoms with Crippen LogP contribution in [-0.2, 0) is 17.8 Å². The molecule has 6 nitrogen and oxygen atoms in total. The van der Waals surface area contributed by atoms with E-state index in [1.165, 1.54) is 22.6 Å². The van der Waals surface area contributed by atoms with Crippen LogP contribution in [0, 0.1) is 0 Å². The summed E-state index contributed by atoms with van der Waals surface area (Å²) in [5.74, 6) is -0.564. The van der Waals surface area contributed by atoms with Gasteiger partial charge in [0.05, 0.1) is 6.61 Å². The van der Waals surface area contributed by atoms with Crippen LogP contribution in [0.1, 0.15) is 16.7 Å². The van der Waals surface area contributed by atoms with Crippen molar-refractivity contribution in [1.29, 1.82) is 0 Å². The van der Waals surface area contributed by atoms with Gasteiger partial charge in [0.25, 0.3) is 5.91 Å². The number of aliphatic hydroxyl groups excluding tert-OH is 1. The third-order valence-electron chi connectivity index (χ3n) is 5.89. The summed E-state index contributed by atoms with van der Waals surface area (Å²) in [4.78, 5) is 17.0. The average Bonchev–Trinajstić information content (AvgIpc) is 3.26. The zero-order valence-electron chi connectivity index (χ0n) is 18.9. The lowest BCUT2D eigenvalue weighted by Crippen LogP contribution is -2.28. The second kappa shape index (κ2) is 11.4. The van der Waals surface area contributed by atoms with Crippen molar-refractivity contribution in [2.75, 3.05) is 19.7 Å². The lowest BCUT2D eigenvalue weighted by Gasteiger charge is -2.22. The van der Waals surface area contributed by atoms with Gasteiger partial charge in [-0.25, -0.2) is 5.48 Å². The van der Waals surface area contributed by atoms with Crippen LogP contribution >= 0.6 is 0 Å². The molecule has 1 amide bonds. The van der Waals surface area contributed by atoms with Gasteiger partial charge < -0.3 is 10.1 Å². The summed E-state index contributed by atoms with van der Waals surface area (Å²) in [6.07, 6.45) is 3.77. The Labute approximate surface area is 199 Å². The summed E-state index contributed by atoms with van der Waals surface area (Å²) >= 11 is 0. The summed E-state index contributed by atoms with van der Waals surface area (Å²) < 4.78 is 0. The molecule has 0 saturated carbocycles. The van der Waals surface area contributed by atoms with Crippen LogP contribution in [0.2, 0.25) is 0 Å². The fraction of sp³-hybridized carbons (Fsp3) is 0.179. The number of hydroxylamine groups is 1. The molecule has 0 radical (unpaired) electrons. The molecular weight excluding hydrogens is 426 g/mol. The normalized spacial score (nSPS) is 11.5. The van der Waals surface area contributed by atoms with Crippen LogP contribution in [0.5, 0.6) is 0 Å². The van der Waals surface area contributed by atoms with E-state index in [9.17, 15) is 9.90 Å². The predicted molar refractivity (Wildman–Crippen MR) is 135 cm³/mol. The van der Waals surface area contributed by atoms with Gasteiger partial charge in [-0.1, -0.05) is 72.8 Å². The average molecular weight is 456 g/mol. The number of aliphatic hydroxyl groups is 1. The molecule has 0 spiro atoms. The topological polar surface area (TPSA) is 88.6 Å². The quantitative estimate of drug-likeness (QED) is 0.162. The van der Waals surface area contributed by atoms with E-state index in [1.54, 1.807) is 11.6 Å². The largest absolute Gasteiger partial charge is 0.395 e. The zero-order valence-corrected chi connectivity index (χ0v) is 18.9. The molecule has 0 unspecified atom stereocenters. The minimum Gasteiger partial charge on any atom is -0.395 e. The molecule has 0 bridgehead atoms. The predicted octanol–water partition coefficient (Wildman–Crippen LogP) is 4.39. The third kappa shape index (κ3) is 5.80. The van der Waals surface area contributed by atoms with E-state index in [-0.39, 0.29) is 6.61 Å². The van der Waals surface area contributed by atoms with Crippen LogP contribution in [0.15, 0.2) is 84.9 Å². The maximum absolute atomic E-state index is 11.2. The molecule has 0 fully saturated rings. The lowest BCUT2D eigenvalue weighted by atomic mass is 10.0. The van der Waals surface area contributed by atoms with Gasteiger partial charge in [0.1, 0.15) is 0 Å². The van der Waals surface area contributed by atoms with Gasteiger partial charge in [-0.05, 0) is 40.8 Å². The van der Waals surface area contributed by atoms with Crippen molar-refractivity contribution in [3.8, 4) is 11.3 Å². The SMILES string of the molecule is O=C(/C=C/c1ccc(CN(CCO)CCc2c(-c3ccccc3)[nH]c3ccccc23)cc1)NO. The van der Waals surface area contributed by atoms with Gasteiger partial charge in [0.2, 0.25) is 0 Å². The van der Waals surface area contributed by atoms with Crippen molar-refractivity contribution >= 4 is 22.9 Å². The van der Waals surface area contributed by atoms with Crippen molar-refractivity contribution in [3.63, 3.8) is 0 Å². The van der Waals surface area contributed by atoms with Crippen molar-refractivity contribution in [3.05, 3.63) is 102 Å². The van der Waals surface area contributed by atoms with Crippen molar-refractivity contribution in [1.82, 2.24) is 15.4 Å². The number of hydrogen-bond acceptors (Lipinski definition) is 4. The van der Waals surface area contributed by atoms with E-state index in [2.05, 4.69) is 52.3 Å². The summed E-state index contributed by atoms with van der Waals surface area (Å²) in [5.41, 5.74) is 8.30.